The fraction of sp³-hybridized carbons (Fsp3) is 0.474. The van der Waals surface area contributed by atoms with Gasteiger partial charge in [-0.2, -0.15) is 4.98 Å². The summed E-state index contributed by atoms with van der Waals surface area (Å²) in [5, 5.41) is 48.2. The molecule has 0 saturated carbocycles. The van der Waals surface area contributed by atoms with Crippen LogP contribution in [0, 0.1) is 0 Å². The number of rotatable bonds is 10. The van der Waals surface area contributed by atoms with Crippen LogP contribution in [-0.2, 0) is 4.74 Å². The summed E-state index contributed by atoms with van der Waals surface area (Å²) in [6.45, 7) is 0.720. The van der Waals surface area contributed by atoms with Crippen LogP contribution in [0.4, 0.5) is 5.88 Å². The van der Waals surface area contributed by atoms with E-state index in [0.717, 1.165) is 0 Å². The molecule has 1 heterocycles. The van der Waals surface area contributed by atoms with Gasteiger partial charge in [-0.05, 0) is 19.1 Å². The number of aliphatic hydroxyl groups is 5. The number of benzene rings is 1. The molecule has 0 amide bonds. The van der Waals surface area contributed by atoms with Crippen molar-refractivity contribution in [2.24, 2.45) is 0 Å². The molecule has 0 spiro atoms. The van der Waals surface area contributed by atoms with Crippen LogP contribution in [0.25, 0.3) is 11.5 Å². The van der Waals surface area contributed by atoms with Gasteiger partial charge in [-0.1, -0.05) is 18.2 Å². The van der Waals surface area contributed by atoms with E-state index >= 15 is 0 Å². The third kappa shape index (κ3) is 5.52. The predicted molar refractivity (Wildman–Crippen MR) is 102 cm³/mol. The molecule has 0 aliphatic carbocycles. The van der Waals surface area contributed by atoms with Crippen LogP contribution in [0.5, 0.6) is 0 Å². The molecule has 5 N–H and O–H groups in total. The molecule has 160 valence electrons. The Labute approximate surface area is 167 Å². The van der Waals surface area contributed by atoms with Crippen molar-refractivity contribution in [1.82, 2.24) is 4.98 Å². The molecule has 10 nitrogen and oxygen atoms in total. The second-order valence-electron chi connectivity index (χ2n) is 6.44. The van der Waals surface area contributed by atoms with Crippen LogP contribution >= 0.6 is 0 Å². The molecule has 0 aliphatic heterocycles. The van der Waals surface area contributed by atoms with Gasteiger partial charge in [-0.25, -0.2) is 4.79 Å². The van der Waals surface area contributed by atoms with Crippen LogP contribution in [0.1, 0.15) is 17.4 Å². The van der Waals surface area contributed by atoms with E-state index in [1.165, 1.54) is 11.9 Å². The van der Waals surface area contributed by atoms with Crippen molar-refractivity contribution in [1.29, 1.82) is 0 Å². The molecule has 10 heteroatoms. The quantitative estimate of drug-likeness (QED) is 0.320. The molecular weight excluding hydrogens is 384 g/mol. The summed E-state index contributed by atoms with van der Waals surface area (Å²) in [6.07, 6.45) is -6.66. The summed E-state index contributed by atoms with van der Waals surface area (Å²) in [7, 11) is 1.49. The van der Waals surface area contributed by atoms with E-state index in [1.807, 2.05) is 6.07 Å². The Morgan fingerprint density at radius 3 is 2.34 bits per heavy atom. The highest BCUT2D eigenvalue weighted by Crippen LogP contribution is 2.28. The molecule has 0 fully saturated rings. The molecule has 0 radical (unpaired) electrons. The van der Waals surface area contributed by atoms with Gasteiger partial charge in [0.1, 0.15) is 24.4 Å². The first-order chi connectivity index (χ1) is 13.8. The summed E-state index contributed by atoms with van der Waals surface area (Å²) in [5.41, 5.74) is 0.519. The summed E-state index contributed by atoms with van der Waals surface area (Å²) in [5.74, 6) is -0.543. The van der Waals surface area contributed by atoms with Crippen LogP contribution in [-0.4, -0.2) is 87.7 Å². The fourth-order valence-corrected chi connectivity index (χ4v) is 2.64. The van der Waals surface area contributed by atoms with E-state index in [1.54, 1.807) is 31.2 Å². The van der Waals surface area contributed by atoms with Gasteiger partial charge in [0.25, 0.3) is 0 Å². The molecule has 4 unspecified atom stereocenters. The van der Waals surface area contributed by atoms with E-state index in [2.05, 4.69) is 4.98 Å². The predicted octanol–water partition coefficient (Wildman–Crippen LogP) is -0.610. The minimum absolute atomic E-state index is 0.00532. The van der Waals surface area contributed by atoms with Gasteiger partial charge >= 0.3 is 5.97 Å². The standard InChI is InChI=1S/C19H26N2O8/c1-3-28-19(27)14-18(29-17(20-14)11-7-5-4-6-8-11)21(2)9-12(23)15(25)16(26)13(24)10-22/h4-8,12-13,15-16,22-26H,3,9-10H2,1-2H3. The Balaban J connectivity index is 2.26. The minimum atomic E-state index is -1.76. The highest BCUT2D eigenvalue weighted by molar-refractivity contribution is 5.93. The number of aromatic nitrogens is 1. The Bertz CT molecular complexity index is 782. The van der Waals surface area contributed by atoms with E-state index < -0.39 is 37.0 Å². The van der Waals surface area contributed by atoms with Crippen molar-refractivity contribution in [2.45, 2.75) is 31.3 Å². The van der Waals surface area contributed by atoms with Crippen molar-refractivity contribution in [2.75, 3.05) is 31.7 Å². The van der Waals surface area contributed by atoms with E-state index in [4.69, 9.17) is 14.3 Å². The zero-order chi connectivity index (χ0) is 21.6. The van der Waals surface area contributed by atoms with Crippen molar-refractivity contribution in [3.63, 3.8) is 0 Å². The molecule has 4 atom stereocenters. The second kappa shape index (κ2) is 10.3. The number of hydrogen-bond donors (Lipinski definition) is 5. The van der Waals surface area contributed by atoms with Gasteiger partial charge < -0.3 is 39.6 Å². The first-order valence-electron chi connectivity index (χ1n) is 9.07. The molecule has 0 saturated heterocycles. The zero-order valence-electron chi connectivity index (χ0n) is 16.2. The second-order valence-corrected chi connectivity index (χ2v) is 6.44. The van der Waals surface area contributed by atoms with E-state index in [-0.39, 0.29) is 30.6 Å². The van der Waals surface area contributed by atoms with E-state index in [0.29, 0.717) is 5.56 Å². The number of hydrogen-bond acceptors (Lipinski definition) is 10. The summed E-state index contributed by atoms with van der Waals surface area (Å²) in [6, 6.07) is 8.86. The Hall–Kier alpha value is -2.50. The number of anilines is 1. The van der Waals surface area contributed by atoms with Gasteiger partial charge in [-0.3, -0.25) is 0 Å². The first kappa shape index (κ1) is 22.8. The maximum Gasteiger partial charge on any atom is 0.362 e. The third-order valence-electron chi connectivity index (χ3n) is 4.23. The maximum atomic E-state index is 12.3. The number of esters is 1. The lowest BCUT2D eigenvalue weighted by atomic mass is 10.0. The Morgan fingerprint density at radius 2 is 1.76 bits per heavy atom. The molecule has 0 aliphatic rings. The van der Waals surface area contributed by atoms with E-state index in [9.17, 15) is 25.2 Å². The number of ether oxygens (including phenoxy) is 1. The third-order valence-corrected chi connectivity index (χ3v) is 4.23. The zero-order valence-corrected chi connectivity index (χ0v) is 16.2. The average Bonchev–Trinajstić information content (AvgIpc) is 3.18. The lowest BCUT2D eigenvalue weighted by molar-refractivity contribution is -0.112. The van der Waals surface area contributed by atoms with Gasteiger partial charge in [-0.15, -0.1) is 0 Å². The van der Waals surface area contributed by atoms with Gasteiger partial charge in [0.05, 0.1) is 13.2 Å². The minimum Gasteiger partial charge on any atom is -0.461 e. The van der Waals surface area contributed by atoms with Crippen LogP contribution in [0.2, 0.25) is 0 Å². The lowest BCUT2D eigenvalue weighted by Crippen LogP contribution is -2.49. The summed E-state index contributed by atoms with van der Waals surface area (Å²) >= 11 is 0. The normalized spacial score (nSPS) is 15.4. The Morgan fingerprint density at radius 1 is 1.14 bits per heavy atom. The van der Waals surface area contributed by atoms with Crippen molar-refractivity contribution < 1.29 is 39.5 Å². The fourth-order valence-electron chi connectivity index (χ4n) is 2.64. The summed E-state index contributed by atoms with van der Waals surface area (Å²) in [4.78, 5) is 17.8. The number of carbonyl (C=O) groups is 1. The first-order valence-corrected chi connectivity index (χ1v) is 9.07. The van der Waals surface area contributed by atoms with Crippen LogP contribution < -0.4 is 4.90 Å². The monoisotopic (exact) mass is 410 g/mol. The molecule has 2 rings (SSSR count). The highest BCUT2D eigenvalue weighted by atomic mass is 16.5. The van der Waals surface area contributed by atoms with Crippen molar-refractivity contribution in [3.05, 3.63) is 36.0 Å². The number of nitrogens with zero attached hydrogens (tertiary/aromatic N) is 2. The SMILES string of the molecule is CCOC(=O)c1nc(-c2ccccc2)oc1N(C)CC(O)C(O)C(O)C(O)CO. The van der Waals surface area contributed by atoms with Gasteiger partial charge in [0.2, 0.25) is 17.5 Å². The molecule has 0 bridgehead atoms. The highest BCUT2D eigenvalue weighted by Gasteiger charge is 2.32. The number of likely N-dealkylation sites (N-methyl/N-ethyl adjacent to an activating group) is 1. The molecule has 2 aromatic rings. The van der Waals surface area contributed by atoms with Gasteiger partial charge in [0.15, 0.2) is 0 Å². The number of oxazole rings is 1. The summed E-state index contributed by atoms with van der Waals surface area (Å²) < 4.78 is 10.7. The van der Waals surface area contributed by atoms with Crippen LogP contribution in [0.15, 0.2) is 34.7 Å². The largest absolute Gasteiger partial charge is 0.461 e. The lowest BCUT2D eigenvalue weighted by Gasteiger charge is -2.28. The van der Waals surface area contributed by atoms with Crippen LogP contribution in [0.3, 0.4) is 0 Å². The van der Waals surface area contributed by atoms with Crippen molar-refractivity contribution in [3.8, 4) is 11.5 Å². The number of carbonyl (C=O) groups excluding carboxylic acids is 1. The van der Waals surface area contributed by atoms with Gasteiger partial charge in [0, 0.05) is 19.2 Å². The maximum absolute atomic E-state index is 12.3. The Kier molecular flexibility index (Phi) is 8.11. The topological polar surface area (TPSA) is 157 Å². The molecule has 29 heavy (non-hydrogen) atoms. The molecule has 1 aromatic heterocycles. The molecule has 1 aromatic carbocycles. The number of aliphatic hydroxyl groups excluding tert-OH is 5. The average molecular weight is 410 g/mol. The smallest absolute Gasteiger partial charge is 0.362 e. The van der Waals surface area contributed by atoms with Crippen molar-refractivity contribution >= 4 is 11.9 Å². The molecular formula is C19H26N2O8.